The first-order valence-electron chi connectivity index (χ1n) is 7.42. The number of aromatic nitrogens is 1. The van der Waals surface area contributed by atoms with Crippen LogP contribution in [0.1, 0.15) is 28.3 Å². The van der Waals surface area contributed by atoms with Crippen molar-refractivity contribution in [3.05, 3.63) is 70.9 Å². The molecule has 1 aromatic heterocycles. The van der Waals surface area contributed by atoms with Crippen LogP contribution < -0.4 is 5.32 Å². The van der Waals surface area contributed by atoms with Gasteiger partial charge in [-0.3, -0.25) is 4.98 Å². The van der Waals surface area contributed by atoms with Crippen LogP contribution in [-0.2, 0) is 0 Å². The fourth-order valence-electron chi connectivity index (χ4n) is 3.06. The van der Waals surface area contributed by atoms with E-state index in [1.54, 1.807) is 6.20 Å². The number of phenols is 1. The molecule has 0 bridgehead atoms. The Balaban J connectivity index is 2.16. The summed E-state index contributed by atoms with van der Waals surface area (Å²) in [6.45, 7) is 4.18. The molecular weight excluding hydrogens is 272 g/mol. The highest BCUT2D eigenvalue weighted by molar-refractivity contribution is 5.85. The summed E-state index contributed by atoms with van der Waals surface area (Å²) in [6.07, 6.45) is 1.71. The first kappa shape index (κ1) is 14.5. The van der Waals surface area contributed by atoms with Crippen LogP contribution in [0.2, 0.25) is 0 Å². The van der Waals surface area contributed by atoms with Crippen molar-refractivity contribution in [2.24, 2.45) is 0 Å². The van der Waals surface area contributed by atoms with Crippen LogP contribution in [0.5, 0.6) is 5.75 Å². The summed E-state index contributed by atoms with van der Waals surface area (Å²) in [6, 6.07) is 14.2. The lowest BCUT2D eigenvalue weighted by Gasteiger charge is -2.20. The van der Waals surface area contributed by atoms with Crippen LogP contribution in [0.4, 0.5) is 0 Å². The van der Waals surface area contributed by atoms with E-state index in [4.69, 9.17) is 0 Å². The lowest BCUT2D eigenvalue weighted by atomic mass is 9.94. The van der Waals surface area contributed by atoms with Gasteiger partial charge >= 0.3 is 0 Å². The molecule has 112 valence electrons. The van der Waals surface area contributed by atoms with Crippen LogP contribution in [0.15, 0.2) is 48.7 Å². The number of hydrogen-bond acceptors (Lipinski definition) is 3. The molecule has 0 fully saturated rings. The molecule has 3 aromatic rings. The average Bonchev–Trinajstić information content (AvgIpc) is 2.49. The van der Waals surface area contributed by atoms with Crippen molar-refractivity contribution in [2.45, 2.75) is 19.9 Å². The zero-order chi connectivity index (χ0) is 15.7. The number of aryl methyl sites for hydroxylation is 2. The minimum atomic E-state index is -0.0648. The Morgan fingerprint density at radius 2 is 1.77 bits per heavy atom. The Morgan fingerprint density at radius 3 is 2.45 bits per heavy atom. The molecule has 0 saturated carbocycles. The number of nitrogens with zero attached hydrogens (tertiary/aromatic N) is 1. The van der Waals surface area contributed by atoms with Crippen molar-refractivity contribution in [1.82, 2.24) is 10.3 Å². The van der Waals surface area contributed by atoms with Gasteiger partial charge in [-0.05, 0) is 32.5 Å². The number of nitrogens with one attached hydrogen (secondary N) is 1. The fourth-order valence-corrected chi connectivity index (χ4v) is 3.06. The zero-order valence-electron chi connectivity index (χ0n) is 13.1. The van der Waals surface area contributed by atoms with E-state index in [1.165, 1.54) is 11.1 Å². The van der Waals surface area contributed by atoms with Gasteiger partial charge in [0.1, 0.15) is 11.3 Å². The monoisotopic (exact) mass is 292 g/mol. The maximum Gasteiger partial charge on any atom is 0.146 e. The lowest BCUT2D eigenvalue weighted by Crippen LogP contribution is -2.18. The largest absolute Gasteiger partial charge is 0.505 e. The molecule has 22 heavy (non-hydrogen) atoms. The van der Waals surface area contributed by atoms with E-state index in [9.17, 15) is 5.11 Å². The third-order valence-electron chi connectivity index (χ3n) is 3.96. The molecular formula is C19H20N2O. The third-order valence-corrected chi connectivity index (χ3v) is 3.96. The quantitative estimate of drug-likeness (QED) is 0.770. The van der Waals surface area contributed by atoms with Crippen LogP contribution in [0.3, 0.4) is 0 Å². The fraction of sp³-hybridized carbons (Fsp3) is 0.211. The van der Waals surface area contributed by atoms with Crippen LogP contribution in [-0.4, -0.2) is 17.1 Å². The van der Waals surface area contributed by atoms with E-state index in [-0.39, 0.29) is 11.8 Å². The van der Waals surface area contributed by atoms with E-state index in [0.717, 1.165) is 16.5 Å². The van der Waals surface area contributed by atoms with Gasteiger partial charge in [-0.1, -0.05) is 47.5 Å². The SMILES string of the molecule is CNC(c1cc(C)cc(C)c1)c1ccc2cccnc2c1O. The Kier molecular flexibility index (Phi) is 3.82. The average molecular weight is 292 g/mol. The standard InChI is InChI=1S/C19H20N2O/c1-12-9-13(2)11-15(10-12)17(20-3)16-7-6-14-5-4-8-21-18(14)19(16)22/h4-11,17,20,22H,1-3H3. The van der Waals surface area contributed by atoms with Crippen LogP contribution >= 0.6 is 0 Å². The second-order valence-electron chi connectivity index (χ2n) is 5.72. The van der Waals surface area contributed by atoms with Crippen molar-refractivity contribution in [2.75, 3.05) is 7.05 Å². The number of benzene rings is 2. The predicted molar refractivity (Wildman–Crippen MR) is 90.2 cm³/mol. The first-order valence-corrected chi connectivity index (χ1v) is 7.42. The molecule has 0 aliphatic carbocycles. The van der Waals surface area contributed by atoms with Crippen molar-refractivity contribution in [3.8, 4) is 5.75 Å². The molecule has 3 nitrogen and oxygen atoms in total. The highest BCUT2D eigenvalue weighted by Gasteiger charge is 2.18. The summed E-state index contributed by atoms with van der Waals surface area (Å²) in [7, 11) is 1.91. The Labute approximate surface area is 130 Å². The van der Waals surface area contributed by atoms with E-state index in [1.807, 2.05) is 31.3 Å². The van der Waals surface area contributed by atoms with Crippen molar-refractivity contribution < 1.29 is 5.11 Å². The number of phenolic OH excluding ortho intramolecular Hbond substituents is 1. The number of aromatic hydroxyl groups is 1. The van der Waals surface area contributed by atoms with Crippen molar-refractivity contribution in [3.63, 3.8) is 0 Å². The number of fused-ring (bicyclic) bond motifs is 1. The lowest BCUT2D eigenvalue weighted by molar-refractivity contribution is 0.466. The normalized spacial score (nSPS) is 12.5. The molecule has 0 radical (unpaired) electrons. The summed E-state index contributed by atoms with van der Waals surface area (Å²) in [5.41, 5.74) is 5.07. The number of pyridine rings is 1. The van der Waals surface area contributed by atoms with Crippen molar-refractivity contribution in [1.29, 1.82) is 0 Å². The molecule has 3 rings (SSSR count). The van der Waals surface area contributed by atoms with Gasteiger partial charge in [-0.2, -0.15) is 0 Å². The summed E-state index contributed by atoms with van der Waals surface area (Å²) in [5.74, 6) is 0.247. The van der Waals surface area contributed by atoms with Gasteiger partial charge in [-0.15, -0.1) is 0 Å². The molecule has 1 atom stereocenters. The number of hydrogen-bond donors (Lipinski definition) is 2. The van der Waals surface area contributed by atoms with Gasteiger partial charge < -0.3 is 10.4 Å². The molecule has 3 heteroatoms. The molecule has 2 aromatic carbocycles. The molecule has 0 aliphatic heterocycles. The molecule has 1 unspecified atom stereocenters. The Bertz CT molecular complexity index is 807. The van der Waals surface area contributed by atoms with E-state index < -0.39 is 0 Å². The minimum Gasteiger partial charge on any atom is -0.505 e. The van der Waals surface area contributed by atoms with E-state index in [0.29, 0.717) is 5.52 Å². The van der Waals surface area contributed by atoms with E-state index in [2.05, 4.69) is 42.3 Å². The third kappa shape index (κ3) is 2.55. The number of rotatable bonds is 3. The zero-order valence-corrected chi connectivity index (χ0v) is 13.1. The maximum absolute atomic E-state index is 10.6. The molecule has 1 heterocycles. The van der Waals surface area contributed by atoms with Gasteiger partial charge in [0.25, 0.3) is 0 Å². The maximum atomic E-state index is 10.6. The molecule has 2 N–H and O–H groups in total. The topological polar surface area (TPSA) is 45.2 Å². The Hall–Kier alpha value is -2.39. The van der Waals surface area contributed by atoms with Gasteiger partial charge in [0, 0.05) is 17.1 Å². The summed E-state index contributed by atoms with van der Waals surface area (Å²) in [5, 5.41) is 14.9. The summed E-state index contributed by atoms with van der Waals surface area (Å²) >= 11 is 0. The van der Waals surface area contributed by atoms with Gasteiger partial charge in [0.15, 0.2) is 0 Å². The van der Waals surface area contributed by atoms with Gasteiger partial charge in [0.05, 0.1) is 6.04 Å². The Morgan fingerprint density at radius 1 is 1.05 bits per heavy atom. The second-order valence-corrected chi connectivity index (χ2v) is 5.72. The van der Waals surface area contributed by atoms with Gasteiger partial charge in [0.2, 0.25) is 0 Å². The highest BCUT2D eigenvalue weighted by Crippen LogP contribution is 2.34. The predicted octanol–water partition coefficient (Wildman–Crippen LogP) is 3.87. The minimum absolute atomic E-state index is 0.0648. The highest BCUT2D eigenvalue weighted by atomic mass is 16.3. The molecule has 0 aliphatic rings. The van der Waals surface area contributed by atoms with Crippen molar-refractivity contribution >= 4 is 10.9 Å². The van der Waals surface area contributed by atoms with Crippen LogP contribution in [0, 0.1) is 13.8 Å². The first-order chi connectivity index (χ1) is 10.6. The van der Waals surface area contributed by atoms with Gasteiger partial charge in [-0.25, -0.2) is 0 Å². The molecule has 0 amide bonds. The van der Waals surface area contributed by atoms with E-state index >= 15 is 0 Å². The molecule has 0 saturated heterocycles. The molecule has 0 spiro atoms. The second kappa shape index (κ2) is 5.78. The van der Waals surface area contributed by atoms with Crippen LogP contribution in [0.25, 0.3) is 10.9 Å². The smallest absolute Gasteiger partial charge is 0.146 e. The summed E-state index contributed by atoms with van der Waals surface area (Å²) in [4.78, 5) is 4.31. The summed E-state index contributed by atoms with van der Waals surface area (Å²) < 4.78 is 0.